The lowest BCUT2D eigenvalue weighted by Crippen LogP contribution is -2.67. The third-order valence-electron chi connectivity index (χ3n) is 18.4. The molecule has 4 saturated carbocycles. The molecule has 0 spiro atoms. The second-order valence-electron chi connectivity index (χ2n) is 22.2. The van der Waals surface area contributed by atoms with Gasteiger partial charge in [0.25, 0.3) is 0 Å². The van der Waals surface area contributed by atoms with Gasteiger partial charge in [-0.05, 0) is 107 Å². The Morgan fingerprint density at radius 3 is 1.93 bits per heavy atom. The Labute approximate surface area is 402 Å². The number of hydrogen-bond donors (Lipinski definition) is 8. The number of aliphatic hydroxyl groups excluding tert-OH is 7. The van der Waals surface area contributed by atoms with E-state index in [2.05, 4.69) is 6.92 Å². The summed E-state index contributed by atoms with van der Waals surface area (Å²) in [4.78, 5) is 24.2. The van der Waals surface area contributed by atoms with Crippen molar-refractivity contribution >= 4 is 11.9 Å². The monoisotopic (exact) mass is 984 g/mol. The number of esters is 2. The van der Waals surface area contributed by atoms with Crippen LogP contribution in [0.1, 0.15) is 112 Å². The fourth-order valence-electron chi connectivity index (χ4n) is 14.6. The summed E-state index contributed by atoms with van der Waals surface area (Å²) in [6.45, 7) is 10.3. The lowest BCUT2D eigenvalue weighted by Gasteiger charge is -2.65. The number of carbonyl (C=O) groups is 2. The van der Waals surface area contributed by atoms with Gasteiger partial charge in [0.2, 0.25) is 0 Å². The molecule has 20 heteroatoms. The Morgan fingerprint density at radius 1 is 0.710 bits per heavy atom. The molecule has 392 valence electrons. The predicted octanol–water partition coefficient (Wildman–Crippen LogP) is 0.613. The first-order valence-electron chi connectivity index (χ1n) is 25.3. The molecule has 24 unspecified atom stereocenters. The molecule has 0 bridgehead atoms. The van der Waals surface area contributed by atoms with Crippen LogP contribution in [-0.2, 0) is 57.0 Å². The van der Waals surface area contributed by atoms with Crippen LogP contribution in [0.25, 0.3) is 0 Å². The zero-order chi connectivity index (χ0) is 49.5. The average Bonchev–Trinajstić information content (AvgIpc) is 3.84. The van der Waals surface area contributed by atoms with Crippen LogP contribution >= 0.6 is 0 Å². The van der Waals surface area contributed by atoms with Crippen molar-refractivity contribution in [3.63, 3.8) is 0 Å². The maximum absolute atomic E-state index is 12.6. The summed E-state index contributed by atoms with van der Waals surface area (Å²) in [5.74, 6) is -0.580. The van der Waals surface area contributed by atoms with Gasteiger partial charge in [-0.1, -0.05) is 13.8 Å². The molecule has 0 amide bonds. The molecule has 8 fully saturated rings. The minimum absolute atomic E-state index is 0.00421. The maximum Gasteiger partial charge on any atom is 0.331 e. The van der Waals surface area contributed by atoms with Gasteiger partial charge in [0.1, 0.15) is 55.4 Å². The first-order valence-corrected chi connectivity index (χ1v) is 25.3. The van der Waals surface area contributed by atoms with Crippen LogP contribution < -0.4 is 0 Å². The van der Waals surface area contributed by atoms with Crippen molar-refractivity contribution in [2.24, 2.45) is 34.5 Å². The van der Waals surface area contributed by atoms with Crippen LogP contribution in [0.4, 0.5) is 0 Å². The van der Waals surface area contributed by atoms with E-state index in [9.17, 15) is 50.4 Å². The Hall–Kier alpha value is -1.96. The normalized spacial score (nSPS) is 53.3. The van der Waals surface area contributed by atoms with Gasteiger partial charge in [-0.3, -0.25) is 4.79 Å². The second-order valence-corrected chi connectivity index (χ2v) is 22.2. The van der Waals surface area contributed by atoms with Crippen LogP contribution in [0.2, 0.25) is 0 Å². The summed E-state index contributed by atoms with van der Waals surface area (Å²) >= 11 is 0. The minimum atomic E-state index is -1.69. The van der Waals surface area contributed by atoms with Crippen LogP contribution in [0.3, 0.4) is 0 Å². The minimum Gasteiger partial charge on any atom is -0.459 e. The third kappa shape index (κ3) is 9.48. The summed E-state index contributed by atoms with van der Waals surface area (Å²) in [6, 6.07) is 0. The number of aliphatic hydroxyl groups is 8. The number of carbonyl (C=O) groups excluding carboxylic acids is 2. The first-order chi connectivity index (χ1) is 32.6. The van der Waals surface area contributed by atoms with E-state index in [-0.39, 0.29) is 61.1 Å². The molecule has 9 rings (SSSR count). The highest BCUT2D eigenvalue weighted by molar-refractivity contribution is 5.85. The van der Waals surface area contributed by atoms with E-state index in [1.807, 2.05) is 6.92 Å². The number of ether oxygens (including phenoxy) is 10. The van der Waals surface area contributed by atoms with Crippen molar-refractivity contribution in [3.8, 4) is 0 Å². The van der Waals surface area contributed by atoms with Gasteiger partial charge in [-0.15, -0.1) is 0 Å². The Morgan fingerprint density at radius 2 is 1.33 bits per heavy atom. The van der Waals surface area contributed by atoms with Gasteiger partial charge < -0.3 is 88.2 Å². The summed E-state index contributed by atoms with van der Waals surface area (Å²) < 4.78 is 60.1. The molecule has 4 aliphatic carbocycles. The molecule has 69 heavy (non-hydrogen) atoms. The molecule has 0 aromatic heterocycles. The van der Waals surface area contributed by atoms with Crippen LogP contribution in [0.15, 0.2) is 11.6 Å². The van der Waals surface area contributed by atoms with Crippen molar-refractivity contribution in [3.05, 3.63) is 11.6 Å². The fourth-order valence-corrected chi connectivity index (χ4v) is 14.6. The van der Waals surface area contributed by atoms with Crippen molar-refractivity contribution in [2.75, 3.05) is 13.2 Å². The van der Waals surface area contributed by atoms with Crippen LogP contribution in [0, 0.1) is 34.5 Å². The van der Waals surface area contributed by atoms with E-state index >= 15 is 0 Å². The quantitative estimate of drug-likeness (QED) is 0.104. The topological polar surface area (TPSA) is 288 Å². The Bertz CT molecular complexity index is 1850. The van der Waals surface area contributed by atoms with Crippen LogP contribution in [0.5, 0.6) is 0 Å². The zero-order valence-electron chi connectivity index (χ0n) is 40.5. The smallest absolute Gasteiger partial charge is 0.331 e. The van der Waals surface area contributed by atoms with E-state index in [0.717, 1.165) is 37.7 Å². The molecule has 4 saturated heterocycles. The standard InChI is InChI=1S/C49H76O20/c1-21-43(67-38-17-32(53)44(22(2)62-38)68-39-18-33(64-24(4)51)45(23(3)63-39)69-46-42(58)41(57)40(56)34(19-50)66-46)31(52)16-37(61-21)65-27-9-11-47(5)26(14-27)7-8-29-30(47)15-35(54)48(6)28(10-12-49(29,48)59)25-13-36(55)60-20-25/h13,21-23,26-35,37-46,50,52-54,56-59H,7-12,14-20H2,1-6H3/t21?,22?,23?,26?,27?,28?,29-,30+,31?,32?,33?,34?,35?,37?,38?,39?,40?,41?,42?,43?,44?,45?,46?,47?,48?,49?/m1/s1. The number of hydrogen-bond acceptors (Lipinski definition) is 20. The SMILES string of the molecule is CC(=O)OC1CC(OC2C(O)CC(OC3C(O)CC(OC4CCC5(C)C(CC[C@@H]6[C@@H]5CC(O)C5(C)C(C7=CC(=O)OC7)CCC65O)C4)OC3C)OC2C)OC(C)C1OC1OC(CO)C(O)C(O)C1O. The maximum atomic E-state index is 12.6. The predicted molar refractivity (Wildman–Crippen MR) is 235 cm³/mol. The van der Waals surface area contributed by atoms with Gasteiger partial charge >= 0.3 is 11.9 Å². The number of cyclic esters (lactones) is 1. The molecular formula is C49H76O20. The van der Waals surface area contributed by atoms with Crippen LogP contribution in [-0.4, -0.2) is 188 Å². The highest BCUT2D eigenvalue weighted by atomic mass is 16.8. The molecule has 5 aliphatic heterocycles. The Kier molecular flexibility index (Phi) is 15.1. The summed E-state index contributed by atoms with van der Waals surface area (Å²) in [5.41, 5.74) is -1.01. The first kappa shape index (κ1) is 51.9. The third-order valence-corrected chi connectivity index (χ3v) is 18.4. The van der Waals surface area contributed by atoms with Crippen molar-refractivity contribution in [1.82, 2.24) is 0 Å². The molecule has 0 aromatic carbocycles. The van der Waals surface area contributed by atoms with Gasteiger partial charge in [0.05, 0.1) is 54.9 Å². The molecule has 0 radical (unpaired) electrons. The zero-order valence-corrected chi connectivity index (χ0v) is 40.5. The molecule has 26 atom stereocenters. The van der Waals surface area contributed by atoms with Crippen molar-refractivity contribution in [2.45, 2.75) is 234 Å². The van der Waals surface area contributed by atoms with E-state index in [0.29, 0.717) is 25.2 Å². The van der Waals surface area contributed by atoms with Gasteiger partial charge in [-0.25, -0.2) is 4.79 Å². The van der Waals surface area contributed by atoms with Gasteiger partial charge in [0, 0.05) is 37.7 Å². The van der Waals surface area contributed by atoms with Crippen molar-refractivity contribution in [1.29, 1.82) is 0 Å². The Balaban J connectivity index is 0.752. The lowest BCUT2D eigenvalue weighted by atomic mass is 9.42. The summed E-state index contributed by atoms with van der Waals surface area (Å²) in [7, 11) is 0. The van der Waals surface area contributed by atoms with Gasteiger partial charge in [-0.2, -0.15) is 0 Å². The largest absolute Gasteiger partial charge is 0.459 e. The summed E-state index contributed by atoms with van der Waals surface area (Å²) in [5, 5.41) is 88.1. The van der Waals surface area contributed by atoms with E-state index in [1.54, 1.807) is 26.8 Å². The molecular weight excluding hydrogens is 909 g/mol. The molecule has 20 nitrogen and oxygen atoms in total. The average molecular weight is 985 g/mol. The highest BCUT2D eigenvalue weighted by Gasteiger charge is 2.71. The summed E-state index contributed by atoms with van der Waals surface area (Å²) in [6.07, 6.45) is -11.1. The molecule has 9 aliphatic rings. The lowest BCUT2D eigenvalue weighted by molar-refractivity contribution is -0.355. The van der Waals surface area contributed by atoms with Gasteiger partial charge in [0.15, 0.2) is 25.2 Å². The molecule has 8 N–H and O–H groups in total. The number of rotatable bonds is 11. The highest BCUT2D eigenvalue weighted by Crippen LogP contribution is 2.70. The number of fused-ring (bicyclic) bond motifs is 5. The van der Waals surface area contributed by atoms with E-state index in [4.69, 9.17) is 47.4 Å². The van der Waals surface area contributed by atoms with E-state index in [1.165, 1.54) is 6.92 Å². The molecule has 0 aromatic rings. The molecule has 5 heterocycles. The van der Waals surface area contributed by atoms with E-state index < -0.39 is 134 Å². The fraction of sp³-hybridized carbons (Fsp3) is 0.918. The van der Waals surface area contributed by atoms with Crippen molar-refractivity contribution < 1.29 is 97.8 Å². The second kappa shape index (κ2) is 20.0.